The highest BCUT2D eigenvalue weighted by Gasteiger charge is 2.18. The van der Waals surface area contributed by atoms with Crippen LogP contribution < -0.4 is 0 Å². The topological polar surface area (TPSA) is 30.0 Å². The second-order valence-electron chi connectivity index (χ2n) is 2.82. The van der Waals surface area contributed by atoms with Crippen molar-refractivity contribution in [1.82, 2.24) is 4.37 Å². The molecule has 15 heavy (non-hydrogen) atoms. The SMILES string of the molecule is O=C(c1ccccc1F)c1nscc1Br. The van der Waals surface area contributed by atoms with E-state index in [2.05, 4.69) is 20.3 Å². The quantitative estimate of drug-likeness (QED) is 0.793. The van der Waals surface area contributed by atoms with Crippen LogP contribution in [0.4, 0.5) is 4.39 Å². The number of hydrogen-bond acceptors (Lipinski definition) is 3. The van der Waals surface area contributed by atoms with E-state index in [1.54, 1.807) is 17.5 Å². The minimum atomic E-state index is -0.526. The summed E-state index contributed by atoms with van der Waals surface area (Å²) in [4.78, 5) is 11.8. The number of nitrogens with zero attached hydrogens (tertiary/aromatic N) is 1. The van der Waals surface area contributed by atoms with Crippen molar-refractivity contribution in [3.8, 4) is 0 Å². The average Bonchev–Trinajstić information content (AvgIpc) is 2.64. The molecule has 0 radical (unpaired) electrons. The van der Waals surface area contributed by atoms with Crippen LogP contribution in [0.25, 0.3) is 0 Å². The highest BCUT2D eigenvalue weighted by atomic mass is 79.9. The van der Waals surface area contributed by atoms with Crippen molar-refractivity contribution in [3.63, 3.8) is 0 Å². The number of carbonyl (C=O) groups excluding carboxylic acids is 1. The van der Waals surface area contributed by atoms with Gasteiger partial charge in [0.05, 0.1) is 10.0 Å². The van der Waals surface area contributed by atoms with Crippen LogP contribution in [-0.2, 0) is 0 Å². The molecule has 0 saturated carbocycles. The summed E-state index contributed by atoms with van der Waals surface area (Å²) < 4.78 is 17.8. The van der Waals surface area contributed by atoms with Crippen LogP contribution >= 0.6 is 27.5 Å². The molecule has 0 amide bonds. The zero-order chi connectivity index (χ0) is 10.8. The molecular weight excluding hydrogens is 281 g/mol. The van der Waals surface area contributed by atoms with Gasteiger partial charge in [0.25, 0.3) is 0 Å². The molecule has 0 N–H and O–H groups in total. The van der Waals surface area contributed by atoms with Crippen molar-refractivity contribution in [3.05, 3.63) is 51.2 Å². The molecule has 0 fully saturated rings. The molecular formula is C10H5BrFNOS. The summed E-state index contributed by atoms with van der Waals surface area (Å²) in [6, 6.07) is 5.87. The fourth-order valence-corrected chi connectivity index (χ4v) is 2.33. The third-order valence-electron chi connectivity index (χ3n) is 1.86. The van der Waals surface area contributed by atoms with Gasteiger partial charge in [-0.3, -0.25) is 4.79 Å². The van der Waals surface area contributed by atoms with Gasteiger partial charge in [-0.1, -0.05) is 12.1 Å². The van der Waals surface area contributed by atoms with Gasteiger partial charge < -0.3 is 0 Å². The van der Waals surface area contributed by atoms with Crippen molar-refractivity contribution >= 4 is 33.2 Å². The molecule has 1 aromatic carbocycles. The number of benzene rings is 1. The van der Waals surface area contributed by atoms with Crippen LogP contribution in [0.1, 0.15) is 16.1 Å². The fraction of sp³-hybridized carbons (Fsp3) is 0. The third-order valence-corrected chi connectivity index (χ3v) is 3.40. The summed E-state index contributed by atoms with van der Waals surface area (Å²) in [7, 11) is 0. The van der Waals surface area contributed by atoms with Crippen molar-refractivity contribution in [2.45, 2.75) is 0 Å². The van der Waals surface area contributed by atoms with E-state index in [1.165, 1.54) is 12.1 Å². The molecule has 0 unspecified atom stereocenters. The Morgan fingerprint density at radius 2 is 2.13 bits per heavy atom. The summed E-state index contributed by atoms with van der Waals surface area (Å²) in [5.41, 5.74) is 0.300. The lowest BCUT2D eigenvalue weighted by Crippen LogP contribution is -2.04. The van der Waals surface area contributed by atoms with E-state index in [1.807, 2.05) is 0 Å². The van der Waals surface area contributed by atoms with Gasteiger partial charge in [-0.15, -0.1) is 0 Å². The van der Waals surface area contributed by atoms with Gasteiger partial charge in [0.2, 0.25) is 5.78 Å². The smallest absolute Gasteiger partial charge is 0.216 e. The number of hydrogen-bond donors (Lipinski definition) is 0. The first kappa shape index (κ1) is 10.4. The monoisotopic (exact) mass is 285 g/mol. The number of carbonyl (C=O) groups is 1. The molecule has 0 spiro atoms. The fourth-order valence-electron chi connectivity index (χ4n) is 1.15. The molecule has 1 heterocycles. The highest BCUT2D eigenvalue weighted by Crippen LogP contribution is 2.21. The molecule has 76 valence electrons. The van der Waals surface area contributed by atoms with Gasteiger partial charge in [0.15, 0.2) is 0 Å². The summed E-state index contributed by atoms with van der Waals surface area (Å²) in [6.07, 6.45) is 0. The zero-order valence-corrected chi connectivity index (χ0v) is 9.81. The van der Waals surface area contributed by atoms with Crippen LogP contribution in [0.3, 0.4) is 0 Å². The van der Waals surface area contributed by atoms with Gasteiger partial charge in [-0.25, -0.2) is 4.39 Å². The lowest BCUT2D eigenvalue weighted by atomic mass is 10.1. The van der Waals surface area contributed by atoms with E-state index in [-0.39, 0.29) is 11.3 Å². The Bertz CT molecular complexity index is 512. The minimum Gasteiger partial charge on any atom is -0.287 e. The third kappa shape index (κ3) is 1.98. The minimum absolute atomic E-state index is 0.0455. The Labute approximate surface area is 98.0 Å². The summed E-state index contributed by atoms with van der Waals surface area (Å²) in [6.45, 7) is 0. The predicted molar refractivity (Wildman–Crippen MR) is 59.6 cm³/mol. The standard InChI is InChI=1S/C10H5BrFNOS/c11-7-5-15-13-9(7)10(14)6-3-1-2-4-8(6)12/h1-5H. The Hall–Kier alpha value is -1.07. The van der Waals surface area contributed by atoms with Crippen LogP contribution in [0.5, 0.6) is 0 Å². The van der Waals surface area contributed by atoms with E-state index in [4.69, 9.17) is 0 Å². The first-order valence-electron chi connectivity index (χ1n) is 4.09. The maximum Gasteiger partial charge on any atom is 0.216 e. The lowest BCUT2D eigenvalue weighted by Gasteiger charge is -1.99. The normalized spacial score (nSPS) is 10.3. The molecule has 1 aromatic heterocycles. The van der Waals surface area contributed by atoms with Crippen molar-refractivity contribution in [2.24, 2.45) is 0 Å². The maximum absolute atomic E-state index is 13.3. The predicted octanol–water partition coefficient (Wildman–Crippen LogP) is 3.28. The molecule has 0 aliphatic carbocycles. The Morgan fingerprint density at radius 1 is 1.40 bits per heavy atom. The largest absolute Gasteiger partial charge is 0.287 e. The number of ketones is 1. The highest BCUT2D eigenvalue weighted by molar-refractivity contribution is 9.10. The number of rotatable bonds is 2. The van der Waals surface area contributed by atoms with Gasteiger partial charge in [0.1, 0.15) is 11.5 Å². The number of halogens is 2. The van der Waals surface area contributed by atoms with Crippen molar-refractivity contribution in [2.75, 3.05) is 0 Å². The molecule has 2 rings (SSSR count). The molecule has 0 atom stereocenters. The molecule has 0 aliphatic rings. The summed E-state index contributed by atoms with van der Waals surface area (Å²) in [5.74, 6) is -0.927. The summed E-state index contributed by atoms with van der Waals surface area (Å²) in [5, 5.41) is 1.69. The molecule has 2 aromatic rings. The van der Waals surface area contributed by atoms with E-state index in [0.29, 0.717) is 4.47 Å². The zero-order valence-electron chi connectivity index (χ0n) is 7.41. The molecule has 2 nitrogen and oxygen atoms in total. The average molecular weight is 286 g/mol. The van der Waals surface area contributed by atoms with Crippen LogP contribution in [0, 0.1) is 5.82 Å². The van der Waals surface area contributed by atoms with Crippen molar-refractivity contribution < 1.29 is 9.18 Å². The molecule has 0 bridgehead atoms. The van der Waals surface area contributed by atoms with Crippen molar-refractivity contribution in [1.29, 1.82) is 0 Å². The van der Waals surface area contributed by atoms with E-state index in [0.717, 1.165) is 11.5 Å². The summed E-state index contributed by atoms with van der Waals surface area (Å²) >= 11 is 4.35. The van der Waals surface area contributed by atoms with Crippen LogP contribution in [0.2, 0.25) is 0 Å². The molecule has 0 saturated heterocycles. The molecule has 0 aliphatic heterocycles. The second kappa shape index (κ2) is 4.20. The lowest BCUT2D eigenvalue weighted by molar-refractivity contribution is 0.103. The van der Waals surface area contributed by atoms with Gasteiger partial charge in [0, 0.05) is 5.38 Å². The van der Waals surface area contributed by atoms with Gasteiger partial charge in [-0.05, 0) is 39.6 Å². The van der Waals surface area contributed by atoms with Gasteiger partial charge in [-0.2, -0.15) is 4.37 Å². The first-order valence-corrected chi connectivity index (χ1v) is 5.72. The molecule has 5 heteroatoms. The number of aromatic nitrogens is 1. The van der Waals surface area contributed by atoms with Crippen LogP contribution in [-0.4, -0.2) is 10.2 Å². The maximum atomic E-state index is 13.3. The van der Waals surface area contributed by atoms with Crippen LogP contribution in [0.15, 0.2) is 34.1 Å². The Kier molecular flexibility index (Phi) is 2.93. The van der Waals surface area contributed by atoms with E-state index >= 15 is 0 Å². The van der Waals surface area contributed by atoms with Gasteiger partial charge >= 0.3 is 0 Å². The first-order chi connectivity index (χ1) is 7.20. The Balaban J connectivity index is 2.46. The van der Waals surface area contributed by atoms with E-state index < -0.39 is 11.6 Å². The Morgan fingerprint density at radius 3 is 2.73 bits per heavy atom. The van der Waals surface area contributed by atoms with E-state index in [9.17, 15) is 9.18 Å². The second-order valence-corrected chi connectivity index (χ2v) is 4.30.